The van der Waals surface area contributed by atoms with Gasteiger partial charge in [0.25, 0.3) is 0 Å². The molecule has 0 spiro atoms. The van der Waals surface area contributed by atoms with Crippen molar-refractivity contribution in [2.75, 3.05) is 0 Å². The summed E-state index contributed by atoms with van der Waals surface area (Å²) >= 11 is 0. The van der Waals surface area contributed by atoms with E-state index in [0.717, 1.165) is 12.8 Å². The Kier molecular flexibility index (Phi) is 9.63. The molecule has 0 aliphatic heterocycles. The number of Topliss-reactive ketones (excluding diaryl/α,β-unsaturated/α-hetero) is 1. The van der Waals surface area contributed by atoms with Crippen LogP contribution in [0, 0.1) is 11.3 Å². The van der Waals surface area contributed by atoms with Gasteiger partial charge >= 0.3 is 0 Å². The Morgan fingerprint density at radius 3 is 2.36 bits per heavy atom. The summed E-state index contributed by atoms with van der Waals surface area (Å²) in [5.74, 6) is 0.252. The number of rotatable bonds is 9. The standard InChI is InChI=1S/C12H21NO/c1-2-3-4-5-6-7-9-12(14)10-8-11-13/h2-10H2,1H3. The minimum atomic E-state index is 0.252. The minimum Gasteiger partial charge on any atom is -0.300 e. The summed E-state index contributed by atoms with van der Waals surface area (Å²) in [4.78, 5) is 11.1. The molecule has 80 valence electrons. The molecule has 0 heterocycles. The van der Waals surface area contributed by atoms with Crippen molar-refractivity contribution in [2.24, 2.45) is 0 Å². The first-order valence-electron chi connectivity index (χ1n) is 5.70. The van der Waals surface area contributed by atoms with Crippen molar-refractivity contribution in [1.29, 1.82) is 5.26 Å². The van der Waals surface area contributed by atoms with E-state index < -0.39 is 0 Å². The Labute approximate surface area is 87.3 Å². The molecular formula is C12H21NO. The first-order valence-corrected chi connectivity index (χ1v) is 5.70. The highest BCUT2D eigenvalue weighted by Crippen LogP contribution is 2.08. The lowest BCUT2D eigenvalue weighted by Crippen LogP contribution is -1.96. The van der Waals surface area contributed by atoms with Crippen LogP contribution in [0.3, 0.4) is 0 Å². The number of ketones is 1. The largest absolute Gasteiger partial charge is 0.300 e. The second-order valence-electron chi connectivity index (χ2n) is 3.71. The molecule has 0 saturated heterocycles. The zero-order chi connectivity index (χ0) is 10.6. The van der Waals surface area contributed by atoms with Crippen LogP contribution in [0.5, 0.6) is 0 Å². The molecule has 0 fully saturated rings. The highest BCUT2D eigenvalue weighted by molar-refractivity contribution is 5.78. The molecule has 0 amide bonds. The van der Waals surface area contributed by atoms with Gasteiger partial charge in [0.1, 0.15) is 5.78 Å². The third kappa shape index (κ3) is 9.25. The molecule has 2 heteroatoms. The first kappa shape index (κ1) is 13.2. The van der Waals surface area contributed by atoms with Gasteiger partial charge in [-0.05, 0) is 6.42 Å². The van der Waals surface area contributed by atoms with Gasteiger partial charge in [-0.15, -0.1) is 0 Å². The van der Waals surface area contributed by atoms with Crippen molar-refractivity contribution >= 4 is 5.78 Å². The van der Waals surface area contributed by atoms with Crippen molar-refractivity contribution in [3.63, 3.8) is 0 Å². The Hall–Kier alpha value is -0.840. The number of unbranched alkanes of at least 4 members (excludes halogenated alkanes) is 5. The number of carbonyl (C=O) groups is 1. The smallest absolute Gasteiger partial charge is 0.133 e. The number of nitriles is 1. The summed E-state index contributed by atoms with van der Waals surface area (Å²) in [5.41, 5.74) is 0. The van der Waals surface area contributed by atoms with Gasteiger partial charge in [-0.2, -0.15) is 5.26 Å². The second-order valence-corrected chi connectivity index (χ2v) is 3.71. The fraction of sp³-hybridized carbons (Fsp3) is 0.833. The molecule has 14 heavy (non-hydrogen) atoms. The maximum atomic E-state index is 11.1. The third-order valence-electron chi connectivity index (χ3n) is 2.32. The predicted octanol–water partition coefficient (Wildman–Crippen LogP) is 3.61. The molecular weight excluding hydrogens is 174 g/mol. The summed E-state index contributed by atoms with van der Waals surface area (Å²) in [6, 6.07) is 2.00. The van der Waals surface area contributed by atoms with Crippen LogP contribution in [-0.4, -0.2) is 5.78 Å². The SMILES string of the molecule is CCCCCCCCC(=O)CCC#N. The minimum absolute atomic E-state index is 0.252. The molecule has 0 unspecified atom stereocenters. The zero-order valence-corrected chi connectivity index (χ0v) is 9.22. The van der Waals surface area contributed by atoms with Crippen LogP contribution in [0.15, 0.2) is 0 Å². The summed E-state index contributed by atoms with van der Waals surface area (Å²) in [5, 5.41) is 8.28. The summed E-state index contributed by atoms with van der Waals surface area (Å²) in [7, 11) is 0. The molecule has 0 aromatic carbocycles. The first-order chi connectivity index (χ1) is 6.81. The van der Waals surface area contributed by atoms with Crippen LogP contribution in [0.2, 0.25) is 0 Å². The molecule has 0 aromatic rings. The maximum Gasteiger partial charge on any atom is 0.133 e. The van der Waals surface area contributed by atoms with E-state index in [0.29, 0.717) is 19.3 Å². The monoisotopic (exact) mass is 195 g/mol. The van der Waals surface area contributed by atoms with Crippen LogP contribution in [-0.2, 0) is 4.79 Å². The molecule has 0 bridgehead atoms. The van der Waals surface area contributed by atoms with E-state index in [9.17, 15) is 4.79 Å². The van der Waals surface area contributed by atoms with E-state index in [1.165, 1.54) is 25.7 Å². The number of hydrogen-bond acceptors (Lipinski definition) is 2. The van der Waals surface area contributed by atoms with Gasteiger partial charge in [0.15, 0.2) is 0 Å². The van der Waals surface area contributed by atoms with Gasteiger partial charge in [-0.1, -0.05) is 39.0 Å². The van der Waals surface area contributed by atoms with Gasteiger partial charge in [0.05, 0.1) is 6.07 Å². The molecule has 0 aliphatic carbocycles. The highest BCUT2D eigenvalue weighted by Gasteiger charge is 2.00. The maximum absolute atomic E-state index is 11.1. The fourth-order valence-electron chi connectivity index (χ4n) is 1.42. The Morgan fingerprint density at radius 2 is 1.71 bits per heavy atom. The number of hydrogen-bond donors (Lipinski definition) is 0. The van der Waals surface area contributed by atoms with Crippen molar-refractivity contribution in [3.8, 4) is 6.07 Å². The van der Waals surface area contributed by atoms with Crippen molar-refractivity contribution in [3.05, 3.63) is 0 Å². The van der Waals surface area contributed by atoms with E-state index in [-0.39, 0.29) is 5.78 Å². The zero-order valence-electron chi connectivity index (χ0n) is 9.22. The van der Waals surface area contributed by atoms with Gasteiger partial charge in [-0.25, -0.2) is 0 Å². The lowest BCUT2D eigenvalue weighted by atomic mass is 10.1. The summed E-state index contributed by atoms with van der Waals surface area (Å²) in [6.07, 6.45) is 8.80. The highest BCUT2D eigenvalue weighted by atomic mass is 16.1. The van der Waals surface area contributed by atoms with Crippen molar-refractivity contribution in [1.82, 2.24) is 0 Å². The van der Waals surface area contributed by atoms with Crippen LogP contribution < -0.4 is 0 Å². The molecule has 2 nitrogen and oxygen atoms in total. The summed E-state index contributed by atoms with van der Waals surface area (Å²) in [6.45, 7) is 2.20. The van der Waals surface area contributed by atoms with Gasteiger partial charge in [0.2, 0.25) is 0 Å². The van der Waals surface area contributed by atoms with E-state index in [1.807, 2.05) is 6.07 Å². The predicted molar refractivity (Wildman–Crippen MR) is 57.8 cm³/mol. The second kappa shape index (κ2) is 10.2. The lowest BCUT2D eigenvalue weighted by molar-refractivity contribution is -0.119. The molecule has 0 rings (SSSR count). The van der Waals surface area contributed by atoms with E-state index >= 15 is 0 Å². The third-order valence-corrected chi connectivity index (χ3v) is 2.32. The fourth-order valence-corrected chi connectivity index (χ4v) is 1.42. The lowest BCUT2D eigenvalue weighted by Gasteiger charge is -1.99. The molecule has 0 saturated carbocycles. The van der Waals surface area contributed by atoms with Crippen LogP contribution in [0.25, 0.3) is 0 Å². The Balaban J connectivity index is 3.11. The van der Waals surface area contributed by atoms with E-state index in [4.69, 9.17) is 5.26 Å². The normalized spacial score (nSPS) is 9.71. The van der Waals surface area contributed by atoms with Crippen LogP contribution in [0.4, 0.5) is 0 Å². The molecule has 0 aromatic heterocycles. The number of nitrogens with zero attached hydrogens (tertiary/aromatic N) is 1. The molecule has 0 N–H and O–H groups in total. The van der Waals surface area contributed by atoms with Gasteiger partial charge in [0, 0.05) is 19.3 Å². The van der Waals surface area contributed by atoms with Crippen LogP contribution >= 0.6 is 0 Å². The molecule has 0 atom stereocenters. The van der Waals surface area contributed by atoms with Crippen molar-refractivity contribution in [2.45, 2.75) is 64.7 Å². The van der Waals surface area contributed by atoms with Gasteiger partial charge < -0.3 is 0 Å². The van der Waals surface area contributed by atoms with E-state index in [2.05, 4.69) is 6.92 Å². The van der Waals surface area contributed by atoms with Crippen LogP contribution in [0.1, 0.15) is 64.7 Å². The van der Waals surface area contributed by atoms with Gasteiger partial charge in [-0.3, -0.25) is 4.79 Å². The molecule has 0 aliphatic rings. The Morgan fingerprint density at radius 1 is 1.07 bits per heavy atom. The number of carbonyl (C=O) groups excluding carboxylic acids is 1. The average Bonchev–Trinajstić information content (AvgIpc) is 2.20. The molecule has 0 radical (unpaired) electrons. The van der Waals surface area contributed by atoms with Crippen molar-refractivity contribution < 1.29 is 4.79 Å². The Bertz CT molecular complexity index is 181. The average molecular weight is 195 g/mol. The quantitative estimate of drug-likeness (QED) is 0.527. The summed E-state index contributed by atoms with van der Waals surface area (Å²) < 4.78 is 0. The van der Waals surface area contributed by atoms with E-state index in [1.54, 1.807) is 0 Å². The topological polar surface area (TPSA) is 40.9 Å².